The molecule has 1 fully saturated rings. The smallest absolute Gasteiger partial charge is 0.254 e. The second-order valence-electron chi connectivity index (χ2n) is 4.78. The standard InChI is InChI=1S/C15H19NO5/c1-19-12-7-10(8-13(20-2)14(12)21-3)15(18)16-6-4-5-11(17)9-16/h7-8H,4-6,9H2,1-3H3. The summed E-state index contributed by atoms with van der Waals surface area (Å²) in [6.45, 7) is 0.747. The molecule has 0 saturated carbocycles. The number of hydrogen-bond acceptors (Lipinski definition) is 5. The number of rotatable bonds is 4. The monoisotopic (exact) mass is 293 g/mol. The Bertz CT molecular complexity index is 530. The molecule has 0 aliphatic carbocycles. The molecule has 0 N–H and O–H groups in total. The Balaban J connectivity index is 2.34. The zero-order chi connectivity index (χ0) is 15.4. The van der Waals surface area contributed by atoms with Gasteiger partial charge in [0, 0.05) is 18.5 Å². The molecule has 6 heteroatoms. The van der Waals surface area contributed by atoms with E-state index in [4.69, 9.17) is 14.2 Å². The van der Waals surface area contributed by atoms with E-state index >= 15 is 0 Å². The average molecular weight is 293 g/mol. The average Bonchev–Trinajstić information content (AvgIpc) is 2.52. The zero-order valence-corrected chi connectivity index (χ0v) is 12.5. The third-order valence-corrected chi connectivity index (χ3v) is 3.45. The molecule has 1 aliphatic heterocycles. The van der Waals surface area contributed by atoms with Crippen LogP contribution in [0.25, 0.3) is 0 Å². The van der Waals surface area contributed by atoms with Crippen LogP contribution in [0.2, 0.25) is 0 Å². The van der Waals surface area contributed by atoms with Crippen LogP contribution in [-0.2, 0) is 4.79 Å². The summed E-state index contributed by atoms with van der Waals surface area (Å²) in [6.07, 6.45) is 1.24. The van der Waals surface area contributed by atoms with Crippen LogP contribution < -0.4 is 14.2 Å². The number of ether oxygens (including phenoxy) is 3. The van der Waals surface area contributed by atoms with Crippen molar-refractivity contribution < 1.29 is 23.8 Å². The molecule has 0 spiro atoms. The Morgan fingerprint density at radius 1 is 1.10 bits per heavy atom. The van der Waals surface area contributed by atoms with E-state index < -0.39 is 0 Å². The molecule has 0 aromatic heterocycles. The first-order chi connectivity index (χ1) is 10.1. The number of ketones is 1. The summed E-state index contributed by atoms with van der Waals surface area (Å²) in [5, 5.41) is 0. The van der Waals surface area contributed by atoms with Gasteiger partial charge in [-0.1, -0.05) is 0 Å². The van der Waals surface area contributed by atoms with Gasteiger partial charge in [-0.2, -0.15) is 0 Å². The van der Waals surface area contributed by atoms with Gasteiger partial charge in [0.05, 0.1) is 27.9 Å². The third kappa shape index (κ3) is 3.09. The Labute approximate surface area is 123 Å². The maximum absolute atomic E-state index is 12.5. The first-order valence-corrected chi connectivity index (χ1v) is 6.71. The van der Waals surface area contributed by atoms with Crippen LogP contribution in [0.1, 0.15) is 23.2 Å². The zero-order valence-electron chi connectivity index (χ0n) is 12.5. The highest BCUT2D eigenvalue weighted by molar-refractivity contribution is 5.98. The number of methoxy groups -OCH3 is 3. The molecule has 1 amide bonds. The van der Waals surface area contributed by atoms with Crippen molar-refractivity contribution in [2.75, 3.05) is 34.4 Å². The number of piperidine rings is 1. The van der Waals surface area contributed by atoms with E-state index in [1.165, 1.54) is 21.3 Å². The number of hydrogen-bond donors (Lipinski definition) is 0. The van der Waals surface area contributed by atoms with Crippen LogP contribution in [0, 0.1) is 0 Å². The topological polar surface area (TPSA) is 65.1 Å². The molecule has 0 bridgehead atoms. The van der Waals surface area contributed by atoms with Crippen LogP contribution in [0.15, 0.2) is 12.1 Å². The molecule has 1 saturated heterocycles. The molecule has 1 aliphatic rings. The maximum atomic E-state index is 12.5. The van der Waals surface area contributed by atoms with Crippen LogP contribution in [0.5, 0.6) is 17.2 Å². The van der Waals surface area contributed by atoms with Gasteiger partial charge in [-0.05, 0) is 18.6 Å². The lowest BCUT2D eigenvalue weighted by Crippen LogP contribution is -2.40. The first-order valence-electron chi connectivity index (χ1n) is 6.71. The van der Waals surface area contributed by atoms with E-state index in [0.717, 1.165) is 0 Å². The molecule has 0 unspecified atom stereocenters. The van der Waals surface area contributed by atoms with Crippen molar-refractivity contribution in [2.45, 2.75) is 12.8 Å². The van der Waals surface area contributed by atoms with Crippen molar-refractivity contribution in [1.82, 2.24) is 4.90 Å². The number of benzene rings is 1. The lowest BCUT2D eigenvalue weighted by Gasteiger charge is -2.26. The minimum absolute atomic E-state index is 0.0852. The second kappa shape index (κ2) is 6.47. The summed E-state index contributed by atoms with van der Waals surface area (Å²) >= 11 is 0. The molecule has 2 rings (SSSR count). The Hall–Kier alpha value is -2.24. The number of amides is 1. The number of Topliss-reactive ketones (excluding diaryl/α,β-unsaturated/α-hetero) is 1. The number of nitrogens with zero attached hydrogens (tertiary/aromatic N) is 1. The molecule has 21 heavy (non-hydrogen) atoms. The molecule has 1 aromatic carbocycles. The summed E-state index contributed by atoms with van der Waals surface area (Å²) in [6, 6.07) is 3.20. The number of carbonyl (C=O) groups is 2. The SMILES string of the molecule is COc1cc(C(=O)N2CCCC(=O)C2)cc(OC)c1OC. The second-order valence-corrected chi connectivity index (χ2v) is 4.78. The van der Waals surface area contributed by atoms with E-state index in [9.17, 15) is 9.59 Å². The predicted octanol–water partition coefficient (Wildman–Crippen LogP) is 1.52. The first kappa shape index (κ1) is 15.2. The fourth-order valence-corrected chi connectivity index (χ4v) is 2.40. The van der Waals surface area contributed by atoms with Gasteiger partial charge >= 0.3 is 0 Å². The third-order valence-electron chi connectivity index (χ3n) is 3.45. The van der Waals surface area contributed by atoms with E-state index in [-0.39, 0.29) is 18.2 Å². The molecule has 6 nitrogen and oxygen atoms in total. The van der Waals surface area contributed by atoms with Crippen molar-refractivity contribution in [3.8, 4) is 17.2 Å². The quantitative estimate of drug-likeness (QED) is 0.842. The molecule has 0 radical (unpaired) electrons. The minimum Gasteiger partial charge on any atom is -0.493 e. The van der Waals surface area contributed by atoms with E-state index in [1.54, 1.807) is 17.0 Å². The van der Waals surface area contributed by atoms with E-state index in [0.29, 0.717) is 42.2 Å². The summed E-state index contributed by atoms with van der Waals surface area (Å²) < 4.78 is 15.7. The number of likely N-dealkylation sites (tertiary alicyclic amines) is 1. The molecule has 114 valence electrons. The van der Waals surface area contributed by atoms with Gasteiger partial charge in [0.2, 0.25) is 5.75 Å². The predicted molar refractivity (Wildman–Crippen MR) is 76.2 cm³/mol. The van der Waals surface area contributed by atoms with Crippen LogP contribution in [0.4, 0.5) is 0 Å². The molecule has 0 atom stereocenters. The highest BCUT2D eigenvalue weighted by atomic mass is 16.5. The van der Waals surface area contributed by atoms with Gasteiger partial charge in [-0.15, -0.1) is 0 Å². The Morgan fingerprint density at radius 3 is 2.19 bits per heavy atom. The van der Waals surface area contributed by atoms with Crippen molar-refractivity contribution in [2.24, 2.45) is 0 Å². The van der Waals surface area contributed by atoms with Crippen molar-refractivity contribution in [1.29, 1.82) is 0 Å². The minimum atomic E-state index is -0.206. The van der Waals surface area contributed by atoms with Gasteiger partial charge in [0.15, 0.2) is 17.3 Å². The van der Waals surface area contributed by atoms with Crippen LogP contribution in [-0.4, -0.2) is 51.0 Å². The van der Waals surface area contributed by atoms with Crippen molar-refractivity contribution in [3.63, 3.8) is 0 Å². The van der Waals surface area contributed by atoms with Gasteiger partial charge < -0.3 is 19.1 Å². The summed E-state index contributed by atoms with van der Waals surface area (Å²) in [7, 11) is 4.50. The summed E-state index contributed by atoms with van der Waals surface area (Å²) in [4.78, 5) is 25.5. The Morgan fingerprint density at radius 2 is 1.71 bits per heavy atom. The van der Waals surface area contributed by atoms with Gasteiger partial charge in [-0.25, -0.2) is 0 Å². The fourth-order valence-electron chi connectivity index (χ4n) is 2.40. The Kier molecular flexibility index (Phi) is 4.67. The highest BCUT2D eigenvalue weighted by Crippen LogP contribution is 2.38. The number of carbonyl (C=O) groups excluding carboxylic acids is 2. The molecule has 1 aromatic rings. The lowest BCUT2D eigenvalue weighted by molar-refractivity contribution is -0.121. The largest absolute Gasteiger partial charge is 0.493 e. The molecular formula is C15H19NO5. The summed E-state index contributed by atoms with van der Waals surface area (Å²) in [5.74, 6) is 1.16. The van der Waals surface area contributed by atoms with E-state index in [1.807, 2.05) is 0 Å². The lowest BCUT2D eigenvalue weighted by atomic mass is 10.1. The van der Waals surface area contributed by atoms with Crippen molar-refractivity contribution in [3.05, 3.63) is 17.7 Å². The summed E-state index contributed by atoms with van der Waals surface area (Å²) in [5.41, 5.74) is 0.416. The fraction of sp³-hybridized carbons (Fsp3) is 0.467. The van der Waals surface area contributed by atoms with E-state index in [2.05, 4.69) is 0 Å². The normalized spacial score (nSPS) is 14.8. The van der Waals surface area contributed by atoms with Crippen molar-refractivity contribution >= 4 is 11.7 Å². The maximum Gasteiger partial charge on any atom is 0.254 e. The van der Waals surface area contributed by atoms with Crippen LogP contribution in [0.3, 0.4) is 0 Å². The van der Waals surface area contributed by atoms with Gasteiger partial charge in [0.25, 0.3) is 5.91 Å². The van der Waals surface area contributed by atoms with Gasteiger partial charge in [-0.3, -0.25) is 9.59 Å². The molecular weight excluding hydrogens is 274 g/mol. The van der Waals surface area contributed by atoms with Gasteiger partial charge in [0.1, 0.15) is 0 Å². The molecule has 1 heterocycles. The van der Waals surface area contributed by atoms with Crippen LogP contribution >= 0.6 is 0 Å². The highest BCUT2D eigenvalue weighted by Gasteiger charge is 2.25.